The molecule has 3 aromatic rings. The van der Waals surface area contributed by atoms with Gasteiger partial charge >= 0.3 is 0 Å². The third kappa shape index (κ3) is 5.50. The summed E-state index contributed by atoms with van der Waals surface area (Å²) in [7, 11) is 3.66. The number of pyridine rings is 3. The lowest BCUT2D eigenvalue weighted by Crippen LogP contribution is -2.41. The van der Waals surface area contributed by atoms with Crippen molar-refractivity contribution in [3.05, 3.63) is 54.1 Å². The van der Waals surface area contributed by atoms with Gasteiger partial charge in [0.25, 0.3) is 0 Å². The standard InChI is InChI=1S/C22H31N9.C2H6/c1-13(2)22(3,26-4)15-6-7-27-20(10-15)30-19-9-14-8-17(18(11-23)31(5)25)29-21(24)16(14)12-28-19;1-2/h6-13,26H,23,25H2,1-5H3,(H2,24,29)(H,27,28,30);1-2H3/b18-11-;. The van der Waals surface area contributed by atoms with Crippen LogP contribution in [0.3, 0.4) is 0 Å². The molecule has 0 aliphatic heterocycles. The van der Waals surface area contributed by atoms with Crippen molar-refractivity contribution in [2.75, 3.05) is 25.1 Å². The second-order valence-electron chi connectivity index (χ2n) is 8.01. The fourth-order valence-corrected chi connectivity index (χ4v) is 3.48. The molecule has 3 aromatic heterocycles. The van der Waals surface area contributed by atoms with Crippen molar-refractivity contribution >= 4 is 33.9 Å². The number of rotatable bonds is 7. The minimum absolute atomic E-state index is 0.176. The average Bonchev–Trinajstić information content (AvgIpc) is 2.80. The number of nitrogens with two attached hydrogens (primary N) is 3. The number of fused-ring (bicyclic) bond motifs is 1. The first-order chi connectivity index (χ1) is 15.7. The van der Waals surface area contributed by atoms with Crippen molar-refractivity contribution in [1.29, 1.82) is 0 Å². The molecular formula is C24H37N9. The summed E-state index contributed by atoms with van der Waals surface area (Å²) in [5.41, 5.74) is 14.0. The zero-order valence-electron chi connectivity index (χ0n) is 20.6. The van der Waals surface area contributed by atoms with Gasteiger partial charge in [-0.15, -0.1) is 0 Å². The molecule has 3 rings (SSSR count). The van der Waals surface area contributed by atoms with Crippen LogP contribution in [0.25, 0.3) is 16.5 Å². The van der Waals surface area contributed by atoms with E-state index in [9.17, 15) is 0 Å². The lowest BCUT2D eigenvalue weighted by atomic mass is 9.82. The summed E-state index contributed by atoms with van der Waals surface area (Å²) in [4.78, 5) is 13.3. The molecule has 3 heterocycles. The lowest BCUT2D eigenvalue weighted by Gasteiger charge is -2.34. The Hall–Kier alpha value is -3.43. The molecule has 0 bridgehead atoms. The van der Waals surface area contributed by atoms with Gasteiger partial charge in [0, 0.05) is 36.6 Å². The third-order valence-electron chi connectivity index (χ3n) is 5.84. The average molecular weight is 452 g/mol. The highest BCUT2D eigenvalue weighted by Gasteiger charge is 2.28. The van der Waals surface area contributed by atoms with E-state index in [1.165, 1.54) is 11.2 Å². The van der Waals surface area contributed by atoms with Crippen LogP contribution >= 0.6 is 0 Å². The molecule has 0 aliphatic carbocycles. The highest BCUT2D eigenvalue weighted by Crippen LogP contribution is 2.31. The fourth-order valence-electron chi connectivity index (χ4n) is 3.48. The second-order valence-corrected chi connectivity index (χ2v) is 8.01. The van der Waals surface area contributed by atoms with Gasteiger partial charge in [-0.25, -0.2) is 20.8 Å². The Bertz CT molecular complexity index is 1110. The highest BCUT2D eigenvalue weighted by molar-refractivity contribution is 5.93. The third-order valence-corrected chi connectivity index (χ3v) is 5.84. The quantitative estimate of drug-likeness (QED) is 0.269. The molecule has 0 saturated heterocycles. The summed E-state index contributed by atoms with van der Waals surface area (Å²) in [5.74, 6) is 7.95. The SMILES string of the molecule is CC.CNC(C)(c1ccnc(Nc2cc3cc(/C(=C/N)N(C)N)nc(N)c3cn2)c1)C(C)C. The Morgan fingerprint density at radius 1 is 1.15 bits per heavy atom. The molecule has 0 spiro atoms. The van der Waals surface area contributed by atoms with Crippen molar-refractivity contribution < 1.29 is 0 Å². The minimum Gasteiger partial charge on any atom is -0.403 e. The van der Waals surface area contributed by atoms with E-state index in [1.54, 1.807) is 19.4 Å². The van der Waals surface area contributed by atoms with Gasteiger partial charge in [0.05, 0.1) is 11.4 Å². The molecule has 0 aromatic carbocycles. The second kappa shape index (κ2) is 10.9. The number of nitrogen functional groups attached to an aromatic ring is 1. The van der Waals surface area contributed by atoms with Gasteiger partial charge in [0.2, 0.25) is 0 Å². The first-order valence-electron chi connectivity index (χ1n) is 11.1. The van der Waals surface area contributed by atoms with E-state index >= 15 is 0 Å². The van der Waals surface area contributed by atoms with Crippen LogP contribution in [-0.2, 0) is 5.54 Å². The normalized spacial score (nSPS) is 13.3. The van der Waals surface area contributed by atoms with Crippen LogP contribution in [-0.4, -0.2) is 34.1 Å². The number of hydrogen-bond acceptors (Lipinski definition) is 9. The van der Waals surface area contributed by atoms with E-state index in [1.807, 2.05) is 45.2 Å². The largest absolute Gasteiger partial charge is 0.403 e. The van der Waals surface area contributed by atoms with E-state index < -0.39 is 0 Å². The predicted octanol–water partition coefficient (Wildman–Crippen LogP) is 3.53. The van der Waals surface area contributed by atoms with Crippen molar-refractivity contribution in [2.24, 2.45) is 17.5 Å². The van der Waals surface area contributed by atoms with E-state index in [-0.39, 0.29) is 5.54 Å². The van der Waals surface area contributed by atoms with E-state index in [4.69, 9.17) is 17.3 Å². The zero-order valence-corrected chi connectivity index (χ0v) is 20.6. The van der Waals surface area contributed by atoms with Gasteiger partial charge in [-0.1, -0.05) is 27.7 Å². The summed E-state index contributed by atoms with van der Waals surface area (Å²) >= 11 is 0. The molecule has 0 aliphatic rings. The van der Waals surface area contributed by atoms with Crippen LogP contribution in [0, 0.1) is 5.92 Å². The van der Waals surface area contributed by atoms with Crippen molar-refractivity contribution in [3.8, 4) is 0 Å². The predicted molar refractivity (Wildman–Crippen MR) is 138 cm³/mol. The number of anilines is 3. The van der Waals surface area contributed by atoms with Crippen LogP contribution in [0.4, 0.5) is 17.5 Å². The topological polar surface area (TPSA) is 144 Å². The van der Waals surface area contributed by atoms with E-state index in [0.717, 1.165) is 16.3 Å². The number of hydrazine groups is 1. The van der Waals surface area contributed by atoms with Gasteiger partial charge in [-0.3, -0.25) is 0 Å². The summed E-state index contributed by atoms with van der Waals surface area (Å²) in [6.45, 7) is 10.6. The molecule has 9 nitrogen and oxygen atoms in total. The van der Waals surface area contributed by atoms with Crippen LogP contribution in [0.1, 0.15) is 45.9 Å². The molecule has 0 fully saturated rings. The van der Waals surface area contributed by atoms with Gasteiger partial charge in [0.1, 0.15) is 17.5 Å². The highest BCUT2D eigenvalue weighted by atomic mass is 15.4. The van der Waals surface area contributed by atoms with Crippen molar-refractivity contribution in [3.63, 3.8) is 0 Å². The number of nitrogens with zero attached hydrogens (tertiary/aromatic N) is 4. The first kappa shape index (κ1) is 25.8. The summed E-state index contributed by atoms with van der Waals surface area (Å²) in [6.07, 6.45) is 4.89. The van der Waals surface area contributed by atoms with Crippen LogP contribution in [0.5, 0.6) is 0 Å². The van der Waals surface area contributed by atoms with Crippen LogP contribution < -0.4 is 27.9 Å². The lowest BCUT2D eigenvalue weighted by molar-refractivity contribution is 0.286. The molecule has 1 atom stereocenters. The van der Waals surface area contributed by atoms with Gasteiger partial charge in [0.15, 0.2) is 0 Å². The van der Waals surface area contributed by atoms with Gasteiger partial charge < -0.3 is 27.1 Å². The number of nitrogens with one attached hydrogen (secondary N) is 2. The maximum atomic E-state index is 6.15. The molecule has 1 unspecified atom stereocenters. The van der Waals surface area contributed by atoms with Crippen LogP contribution in [0.15, 0.2) is 42.9 Å². The minimum atomic E-state index is -0.176. The molecule has 8 N–H and O–H groups in total. The summed E-state index contributed by atoms with van der Waals surface area (Å²) in [5, 5.41) is 9.72. The monoisotopic (exact) mass is 451 g/mol. The number of aromatic nitrogens is 3. The van der Waals surface area contributed by atoms with Gasteiger partial charge in [-0.05, 0) is 55.1 Å². The molecule has 0 saturated carbocycles. The Morgan fingerprint density at radius 2 is 1.82 bits per heavy atom. The maximum Gasteiger partial charge on any atom is 0.133 e. The maximum absolute atomic E-state index is 6.15. The summed E-state index contributed by atoms with van der Waals surface area (Å²) < 4.78 is 0. The molecular weight excluding hydrogens is 414 g/mol. The molecule has 33 heavy (non-hydrogen) atoms. The first-order valence-corrected chi connectivity index (χ1v) is 11.1. The Kier molecular flexibility index (Phi) is 8.56. The number of hydrogen-bond donors (Lipinski definition) is 5. The Balaban J connectivity index is 0.00000187. The zero-order chi connectivity index (χ0) is 24.8. The Labute approximate surface area is 196 Å². The van der Waals surface area contributed by atoms with E-state index in [2.05, 4.69) is 46.4 Å². The summed E-state index contributed by atoms with van der Waals surface area (Å²) in [6, 6.07) is 7.84. The van der Waals surface area contributed by atoms with Crippen molar-refractivity contribution in [1.82, 2.24) is 25.3 Å². The van der Waals surface area contributed by atoms with Crippen molar-refractivity contribution in [2.45, 2.75) is 40.2 Å². The Morgan fingerprint density at radius 3 is 2.39 bits per heavy atom. The molecule has 9 heteroatoms. The van der Waals surface area contributed by atoms with Crippen LogP contribution in [0.2, 0.25) is 0 Å². The molecule has 0 amide bonds. The molecule has 178 valence electrons. The fraction of sp³-hybridized carbons (Fsp3) is 0.375. The molecule has 0 radical (unpaired) electrons. The van der Waals surface area contributed by atoms with E-state index in [0.29, 0.717) is 34.8 Å². The van der Waals surface area contributed by atoms with Gasteiger partial charge in [-0.2, -0.15) is 0 Å². The smallest absolute Gasteiger partial charge is 0.133 e.